The molecule has 0 fully saturated rings. The molecule has 12 heteroatoms. The van der Waals surface area contributed by atoms with Gasteiger partial charge in [0.15, 0.2) is 0 Å². The Morgan fingerprint density at radius 1 is 0.958 bits per heavy atom. The molecule has 12 nitrogen and oxygen atoms in total. The molecule has 0 aliphatic heterocycles. The van der Waals surface area contributed by atoms with Crippen LogP contribution in [0.3, 0.4) is 0 Å². The second-order valence-electron chi connectivity index (χ2n) is 4.79. The lowest BCUT2D eigenvalue weighted by Gasteiger charge is -2.21. The molecule has 8 N–H and O–H groups in total. The van der Waals surface area contributed by atoms with Crippen molar-refractivity contribution >= 4 is 29.7 Å². The molecule has 3 amide bonds. The number of rotatable bonds is 10. The van der Waals surface area contributed by atoms with Crippen molar-refractivity contribution < 1.29 is 39.3 Å². The van der Waals surface area contributed by atoms with Gasteiger partial charge in [0.2, 0.25) is 17.7 Å². The molecule has 0 saturated carbocycles. The van der Waals surface area contributed by atoms with Crippen molar-refractivity contribution in [1.82, 2.24) is 16.0 Å². The zero-order valence-corrected chi connectivity index (χ0v) is 12.8. The summed E-state index contributed by atoms with van der Waals surface area (Å²) in [6.45, 7) is -0.116. The van der Waals surface area contributed by atoms with Crippen molar-refractivity contribution in [1.29, 1.82) is 0 Å². The molecule has 3 unspecified atom stereocenters. The highest BCUT2D eigenvalue weighted by Gasteiger charge is 2.28. The first-order chi connectivity index (χ1) is 11.1. The van der Waals surface area contributed by atoms with E-state index in [4.69, 9.17) is 21.1 Å². The Kier molecular flexibility index (Phi) is 8.97. The largest absolute Gasteiger partial charge is 0.481 e. The summed E-state index contributed by atoms with van der Waals surface area (Å²) in [5.41, 5.74) is 5.25. The van der Waals surface area contributed by atoms with Crippen molar-refractivity contribution in [3.8, 4) is 0 Å². The molecule has 0 heterocycles. The Bertz CT molecular complexity index is 509. The number of aliphatic carboxylic acids is 2. The van der Waals surface area contributed by atoms with Gasteiger partial charge in [0.25, 0.3) is 0 Å². The van der Waals surface area contributed by atoms with E-state index in [0.717, 1.165) is 0 Å². The minimum atomic E-state index is -1.53. The summed E-state index contributed by atoms with van der Waals surface area (Å²) in [6, 6.07) is -4.04. The van der Waals surface area contributed by atoms with Gasteiger partial charge in [-0.15, -0.1) is 0 Å². The van der Waals surface area contributed by atoms with E-state index in [0.29, 0.717) is 0 Å². The molecular weight excluding hydrogens is 328 g/mol. The van der Waals surface area contributed by atoms with Crippen LogP contribution in [0, 0.1) is 0 Å². The third-order valence-corrected chi connectivity index (χ3v) is 2.71. The van der Waals surface area contributed by atoms with Crippen molar-refractivity contribution in [3.05, 3.63) is 0 Å². The van der Waals surface area contributed by atoms with Crippen LogP contribution >= 0.6 is 0 Å². The first-order valence-corrected chi connectivity index (χ1v) is 6.77. The highest BCUT2D eigenvalue weighted by Crippen LogP contribution is 1.96. The van der Waals surface area contributed by atoms with Crippen LogP contribution in [0.1, 0.15) is 13.3 Å². The number of nitrogens with one attached hydrogen (secondary N) is 3. The SMILES string of the molecule is CC(NC(=O)C(CC(=O)O)NC(=O)C(N)CO)C(=O)NCC(=O)O. The number of hydrogen-bond acceptors (Lipinski definition) is 7. The zero-order chi connectivity index (χ0) is 18.9. The van der Waals surface area contributed by atoms with Gasteiger partial charge in [0, 0.05) is 0 Å². The molecular formula is C12H20N4O8. The number of carboxylic acid groups (broad SMARTS) is 2. The van der Waals surface area contributed by atoms with Crippen LogP contribution in [0.2, 0.25) is 0 Å². The lowest BCUT2D eigenvalue weighted by atomic mass is 10.1. The van der Waals surface area contributed by atoms with E-state index in [1.165, 1.54) is 6.92 Å². The highest BCUT2D eigenvalue weighted by atomic mass is 16.4. The number of hydrogen-bond donors (Lipinski definition) is 7. The van der Waals surface area contributed by atoms with E-state index in [-0.39, 0.29) is 0 Å². The Morgan fingerprint density at radius 2 is 1.54 bits per heavy atom. The minimum Gasteiger partial charge on any atom is -0.481 e. The van der Waals surface area contributed by atoms with Gasteiger partial charge in [-0.2, -0.15) is 0 Å². The van der Waals surface area contributed by atoms with Crippen molar-refractivity contribution in [3.63, 3.8) is 0 Å². The van der Waals surface area contributed by atoms with Crippen LogP contribution in [-0.4, -0.2) is 76.3 Å². The van der Waals surface area contributed by atoms with Gasteiger partial charge in [-0.3, -0.25) is 24.0 Å². The third-order valence-electron chi connectivity index (χ3n) is 2.71. The summed E-state index contributed by atoms with van der Waals surface area (Å²) in [7, 11) is 0. The van der Waals surface area contributed by atoms with Crippen LogP contribution in [0.4, 0.5) is 0 Å². The number of amides is 3. The van der Waals surface area contributed by atoms with E-state index < -0.39 is 67.4 Å². The van der Waals surface area contributed by atoms with Gasteiger partial charge in [0.05, 0.1) is 13.0 Å². The molecule has 0 radical (unpaired) electrons. The Balaban J connectivity index is 4.80. The fourth-order valence-corrected chi connectivity index (χ4v) is 1.44. The molecule has 3 atom stereocenters. The van der Waals surface area contributed by atoms with E-state index in [1.807, 2.05) is 5.32 Å². The molecule has 0 bridgehead atoms. The number of nitrogens with two attached hydrogens (primary N) is 1. The maximum Gasteiger partial charge on any atom is 0.322 e. The normalized spacial score (nSPS) is 14.0. The average Bonchev–Trinajstić information content (AvgIpc) is 2.50. The molecule has 0 aromatic carbocycles. The average molecular weight is 348 g/mol. The Hall–Kier alpha value is -2.73. The molecule has 0 aliphatic carbocycles. The van der Waals surface area contributed by atoms with Gasteiger partial charge in [-0.05, 0) is 6.92 Å². The molecule has 0 rings (SSSR count). The van der Waals surface area contributed by atoms with Crippen LogP contribution in [-0.2, 0) is 24.0 Å². The summed E-state index contributed by atoms with van der Waals surface area (Å²) < 4.78 is 0. The fourth-order valence-electron chi connectivity index (χ4n) is 1.44. The number of aliphatic hydroxyl groups excluding tert-OH is 1. The van der Waals surface area contributed by atoms with Crippen molar-refractivity contribution in [2.24, 2.45) is 5.73 Å². The lowest BCUT2D eigenvalue weighted by molar-refractivity contribution is -0.141. The predicted molar refractivity (Wildman–Crippen MR) is 77.5 cm³/mol. The van der Waals surface area contributed by atoms with E-state index in [2.05, 4.69) is 10.6 Å². The zero-order valence-electron chi connectivity index (χ0n) is 12.8. The standard InChI is InChI=1S/C12H20N4O8/c1-5(10(22)14-3-9(20)21)15-12(24)7(2-8(18)19)16-11(23)6(13)4-17/h5-7,17H,2-4,13H2,1H3,(H,14,22)(H,15,24)(H,16,23)(H,18,19)(H,20,21). The lowest BCUT2D eigenvalue weighted by Crippen LogP contribution is -2.56. The summed E-state index contributed by atoms with van der Waals surface area (Å²) in [5.74, 6) is -5.40. The molecule has 0 aromatic rings. The van der Waals surface area contributed by atoms with Crippen LogP contribution in [0.15, 0.2) is 0 Å². The fraction of sp³-hybridized carbons (Fsp3) is 0.583. The molecule has 136 valence electrons. The second-order valence-corrected chi connectivity index (χ2v) is 4.79. The van der Waals surface area contributed by atoms with E-state index in [1.54, 1.807) is 0 Å². The smallest absolute Gasteiger partial charge is 0.322 e. The van der Waals surface area contributed by atoms with E-state index >= 15 is 0 Å². The Morgan fingerprint density at radius 3 is 2.00 bits per heavy atom. The van der Waals surface area contributed by atoms with Crippen LogP contribution in [0.5, 0.6) is 0 Å². The number of aliphatic hydroxyl groups is 1. The van der Waals surface area contributed by atoms with Crippen LogP contribution in [0.25, 0.3) is 0 Å². The Labute approximate surface area is 136 Å². The number of carboxylic acids is 2. The minimum absolute atomic E-state index is 0.653. The highest BCUT2D eigenvalue weighted by molar-refractivity contribution is 5.95. The maximum atomic E-state index is 12.0. The van der Waals surface area contributed by atoms with Crippen LogP contribution < -0.4 is 21.7 Å². The number of carbonyl (C=O) groups excluding carboxylic acids is 3. The summed E-state index contributed by atoms with van der Waals surface area (Å²) >= 11 is 0. The number of carbonyl (C=O) groups is 5. The third kappa shape index (κ3) is 8.05. The van der Waals surface area contributed by atoms with Gasteiger partial charge < -0.3 is 37.0 Å². The summed E-state index contributed by atoms with van der Waals surface area (Å²) in [4.78, 5) is 56.2. The quantitative estimate of drug-likeness (QED) is 0.205. The monoisotopic (exact) mass is 348 g/mol. The predicted octanol–water partition coefficient (Wildman–Crippen LogP) is -4.03. The van der Waals surface area contributed by atoms with Crippen molar-refractivity contribution in [2.75, 3.05) is 13.2 Å². The maximum absolute atomic E-state index is 12.0. The van der Waals surface area contributed by atoms with Crippen molar-refractivity contribution in [2.45, 2.75) is 31.5 Å². The second kappa shape index (κ2) is 10.1. The van der Waals surface area contributed by atoms with Gasteiger partial charge in [0.1, 0.15) is 24.7 Å². The topological polar surface area (TPSA) is 208 Å². The van der Waals surface area contributed by atoms with E-state index in [9.17, 15) is 24.0 Å². The van der Waals surface area contributed by atoms with Gasteiger partial charge in [-0.25, -0.2) is 0 Å². The molecule has 0 aliphatic rings. The molecule has 0 spiro atoms. The molecule has 0 aromatic heterocycles. The molecule has 0 saturated heterocycles. The summed E-state index contributed by atoms with van der Waals surface area (Å²) in [5, 5.41) is 32.2. The first kappa shape index (κ1) is 21.3. The first-order valence-electron chi connectivity index (χ1n) is 6.77. The molecule has 24 heavy (non-hydrogen) atoms. The van der Waals surface area contributed by atoms with Gasteiger partial charge >= 0.3 is 11.9 Å². The summed E-state index contributed by atoms with van der Waals surface area (Å²) in [6.07, 6.45) is -0.779. The van der Waals surface area contributed by atoms with Gasteiger partial charge in [-0.1, -0.05) is 0 Å².